The minimum atomic E-state index is -0.210. The van der Waals surface area contributed by atoms with E-state index in [1.54, 1.807) is 25.4 Å². The van der Waals surface area contributed by atoms with Crippen LogP contribution in [0, 0.1) is 0 Å². The standard InChI is InChI=1S/C25H27N3O3/c1-30-15-16-31-25-22(6-4-13-26-25)24(29)27-17-19-8-10-20(11-9-19)18-28-14-12-21-5-2-3-7-23(21)28/h2-11,13H,12,14-18H2,1H3,(H,27,29). The Balaban J connectivity index is 1.32. The number of rotatable bonds is 9. The lowest BCUT2D eigenvalue weighted by molar-refractivity contribution is 0.0941. The topological polar surface area (TPSA) is 63.7 Å². The first-order valence-corrected chi connectivity index (χ1v) is 10.5. The number of nitrogens with one attached hydrogen (secondary N) is 1. The van der Waals surface area contributed by atoms with Crippen LogP contribution in [0.4, 0.5) is 5.69 Å². The SMILES string of the molecule is COCCOc1ncccc1C(=O)NCc1ccc(CN2CCc3ccccc32)cc1. The van der Waals surface area contributed by atoms with E-state index in [0.717, 1.165) is 25.1 Å². The average Bonchev–Trinajstić information content (AvgIpc) is 3.22. The summed E-state index contributed by atoms with van der Waals surface area (Å²) in [6, 6.07) is 20.4. The van der Waals surface area contributed by atoms with Gasteiger partial charge in [0.25, 0.3) is 5.91 Å². The van der Waals surface area contributed by atoms with Crippen LogP contribution in [0.2, 0.25) is 0 Å². The summed E-state index contributed by atoms with van der Waals surface area (Å²) in [5.74, 6) is 0.108. The lowest BCUT2D eigenvalue weighted by Gasteiger charge is -2.19. The molecule has 0 spiro atoms. The molecule has 160 valence electrons. The summed E-state index contributed by atoms with van der Waals surface area (Å²) in [5.41, 5.74) is 5.47. The maximum absolute atomic E-state index is 12.6. The van der Waals surface area contributed by atoms with Gasteiger partial charge in [0.2, 0.25) is 5.88 Å². The van der Waals surface area contributed by atoms with Gasteiger partial charge in [-0.3, -0.25) is 4.79 Å². The van der Waals surface area contributed by atoms with Crippen LogP contribution in [0.5, 0.6) is 5.88 Å². The zero-order chi connectivity index (χ0) is 21.5. The molecule has 0 unspecified atom stereocenters. The number of para-hydroxylation sites is 1. The van der Waals surface area contributed by atoms with Crippen LogP contribution in [-0.4, -0.2) is 37.8 Å². The first-order chi connectivity index (χ1) is 15.2. The number of anilines is 1. The van der Waals surface area contributed by atoms with E-state index in [-0.39, 0.29) is 5.91 Å². The van der Waals surface area contributed by atoms with Gasteiger partial charge in [-0.05, 0) is 41.3 Å². The van der Waals surface area contributed by atoms with Crippen molar-refractivity contribution >= 4 is 11.6 Å². The zero-order valence-electron chi connectivity index (χ0n) is 17.7. The summed E-state index contributed by atoms with van der Waals surface area (Å²) < 4.78 is 10.5. The Morgan fingerprint density at radius 2 is 1.84 bits per heavy atom. The number of hydrogen-bond acceptors (Lipinski definition) is 5. The maximum Gasteiger partial charge on any atom is 0.257 e. The summed E-state index contributed by atoms with van der Waals surface area (Å²) in [6.07, 6.45) is 2.71. The smallest absolute Gasteiger partial charge is 0.257 e. The number of aromatic nitrogens is 1. The van der Waals surface area contributed by atoms with Crippen molar-refractivity contribution in [1.82, 2.24) is 10.3 Å². The Kier molecular flexibility index (Phi) is 6.79. The molecule has 0 atom stereocenters. The highest BCUT2D eigenvalue weighted by Gasteiger charge is 2.18. The van der Waals surface area contributed by atoms with E-state index in [9.17, 15) is 4.79 Å². The highest BCUT2D eigenvalue weighted by molar-refractivity contribution is 5.96. The summed E-state index contributed by atoms with van der Waals surface area (Å²) in [6.45, 7) is 3.17. The molecule has 31 heavy (non-hydrogen) atoms. The van der Waals surface area contributed by atoms with E-state index in [4.69, 9.17) is 9.47 Å². The number of nitrogens with zero attached hydrogens (tertiary/aromatic N) is 2. The number of fused-ring (bicyclic) bond motifs is 1. The maximum atomic E-state index is 12.6. The van der Waals surface area contributed by atoms with E-state index < -0.39 is 0 Å². The van der Waals surface area contributed by atoms with Gasteiger partial charge in [-0.2, -0.15) is 0 Å². The Morgan fingerprint density at radius 3 is 2.68 bits per heavy atom. The number of benzene rings is 2. The third kappa shape index (κ3) is 5.22. The van der Waals surface area contributed by atoms with Crippen LogP contribution in [-0.2, 0) is 24.2 Å². The van der Waals surface area contributed by atoms with E-state index in [1.807, 2.05) is 0 Å². The fourth-order valence-corrected chi connectivity index (χ4v) is 3.73. The van der Waals surface area contributed by atoms with Crippen molar-refractivity contribution in [3.8, 4) is 5.88 Å². The van der Waals surface area contributed by atoms with Crippen molar-refractivity contribution < 1.29 is 14.3 Å². The van der Waals surface area contributed by atoms with Gasteiger partial charge in [0.15, 0.2) is 0 Å². The Labute approximate surface area is 182 Å². The van der Waals surface area contributed by atoms with Crippen LogP contribution in [0.15, 0.2) is 66.9 Å². The van der Waals surface area contributed by atoms with Gasteiger partial charge in [0, 0.05) is 38.6 Å². The van der Waals surface area contributed by atoms with Crippen molar-refractivity contribution in [2.75, 3.05) is 31.8 Å². The summed E-state index contributed by atoms with van der Waals surface area (Å²) in [5, 5.41) is 2.95. The van der Waals surface area contributed by atoms with Crippen LogP contribution < -0.4 is 15.0 Å². The molecular formula is C25H27N3O3. The second-order valence-electron chi connectivity index (χ2n) is 7.50. The molecule has 0 saturated heterocycles. The van der Waals surface area contributed by atoms with Gasteiger partial charge in [0.05, 0.1) is 6.61 Å². The molecule has 0 aliphatic carbocycles. The van der Waals surface area contributed by atoms with Crippen molar-refractivity contribution in [2.24, 2.45) is 0 Å². The monoisotopic (exact) mass is 417 g/mol. The van der Waals surface area contributed by atoms with Crippen molar-refractivity contribution in [3.05, 3.63) is 89.1 Å². The van der Waals surface area contributed by atoms with E-state index >= 15 is 0 Å². The van der Waals surface area contributed by atoms with Gasteiger partial charge in [0.1, 0.15) is 12.2 Å². The highest BCUT2D eigenvalue weighted by atomic mass is 16.5. The van der Waals surface area contributed by atoms with Crippen molar-refractivity contribution in [2.45, 2.75) is 19.5 Å². The summed E-state index contributed by atoms with van der Waals surface area (Å²) >= 11 is 0. The molecule has 6 heteroatoms. The van der Waals surface area contributed by atoms with Crippen LogP contribution in [0.25, 0.3) is 0 Å². The highest BCUT2D eigenvalue weighted by Crippen LogP contribution is 2.28. The fraction of sp³-hybridized carbons (Fsp3) is 0.280. The zero-order valence-corrected chi connectivity index (χ0v) is 17.7. The molecule has 1 amide bonds. The van der Waals surface area contributed by atoms with E-state index in [1.165, 1.54) is 16.8 Å². The van der Waals surface area contributed by atoms with Crippen molar-refractivity contribution in [3.63, 3.8) is 0 Å². The molecule has 1 aliphatic heterocycles. The lowest BCUT2D eigenvalue weighted by Crippen LogP contribution is -2.24. The first kappa shape index (κ1) is 20.9. The van der Waals surface area contributed by atoms with Crippen LogP contribution >= 0.6 is 0 Å². The molecule has 4 rings (SSSR count). The average molecular weight is 418 g/mol. The van der Waals surface area contributed by atoms with E-state index in [2.05, 4.69) is 63.7 Å². The number of ether oxygens (including phenoxy) is 2. The quantitative estimate of drug-likeness (QED) is 0.539. The number of carbonyl (C=O) groups is 1. The molecular weight excluding hydrogens is 390 g/mol. The largest absolute Gasteiger partial charge is 0.475 e. The van der Waals surface area contributed by atoms with Gasteiger partial charge in [-0.25, -0.2) is 4.98 Å². The summed E-state index contributed by atoms with van der Waals surface area (Å²) in [4.78, 5) is 19.2. The minimum absolute atomic E-state index is 0.210. The number of hydrogen-bond donors (Lipinski definition) is 1. The second kappa shape index (κ2) is 10.1. The number of amides is 1. The molecule has 1 N–H and O–H groups in total. The third-order valence-corrected chi connectivity index (χ3v) is 5.37. The lowest BCUT2D eigenvalue weighted by atomic mass is 10.1. The van der Waals surface area contributed by atoms with E-state index in [0.29, 0.717) is 31.2 Å². The molecule has 6 nitrogen and oxygen atoms in total. The molecule has 0 radical (unpaired) electrons. The number of methoxy groups -OCH3 is 1. The predicted octanol–water partition coefficient (Wildman–Crippen LogP) is 3.60. The molecule has 0 saturated carbocycles. The van der Waals surface area contributed by atoms with Gasteiger partial charge in [-0.1, -0.05) is 42.5 Å². The predicted molar refractivity (Wildman–Crippen MR) is 120 cm³/mol. The Morgan fingerprint density at radius 1 is 1.03 bits per heavy atom. The summed E-state index contributed by atoms with van der Waals surface area (Å²) in [7, 11) is 1.60. The molecule has 1 aliphatic rings. The molecule has 2 heterocycles. The molecule has 1 aromatic heterocycles. The van der Waals surface area contributed by atoms with Crippen LogP contribution in [0.3, 0.4) is 0 Å². The van der Waals surface area contributed by atoms with Crippen LogP contribution in [0.1, 0.15) is 27.0 Å². The van der Waals surface area contributed by atoms with Gasteiger partial charge in [-0.15, -0.1) is 0 Å². The molecule has 0 fully saturated rings. The fourth-order valence-electron chi connectivity index (χ4n) is 3.73. The first-order valence-electron chi connectivity index (χ1n) is 10.5. The normalized spacial score (nSPS) is 12.5. The Bertz CT molecular complexity index is 1020. The second-order valence-corrected chi connectivity index (χ2v) is 7.50. The van der Waals surface area contributed by atoms with Gasteiger partial charge >= 0.3 is 0 Å². The number of carbonyl (C=O) groups excluding carboxylic acids is 1. The Hall–Kier alpha value is -3.38. The molecule has 0 bridgehead atoms. The van der Waals surface area contributed by atoms with Gasteiger partial charge < -0.3 is 19.7 Å². The molecule has 3 aromatic rings. The molecule has 2 aromatic carbocycles. The van der Waals surface area contributed by atoms with Crippen molar-refractivity contribution in [1.29, 1.82) is 0 Å². The third-order valence-electron chi connectivity index (χ3n) is 5.37. The number of pyridine rings is 1. The minimum Gasteiger partial charge on any atom is -0.475 e.